The van der Waals surface area contributed by atoms with Crippen LogP contribution in [0.5, 0.6) is 0 Å². The van der Waals surface area contributed by atoms with E-state index in [0.29, 0.717) is 12.4 Å². The van der Waals surface area contributed by atoms with E-state index in [1.54, 1.807) is 12.4 Å². The Labute approximate surface area is 83.1 Å². The molecule has 0 aliphatic rings. The SMILES string of the molecule is CCCC(N)CC(=O)Nc1ncc[nH]1. The van der Waals surface area contributed by atoms with Crippen LogP contribution in [0.4, 0.5) is 5.95 Å². The Morgan fingerprint density at radius 1 is 1.79 bits per heavy atom. The molecule has 1 heterocycles. The monoisotopic (exact) mass is 196 g/mol. The van der Waals surface area contributed by atoms with Crippen LogP contribution < -0.4 is 11.1 Å². The fourth-order valence-electron chi connectivity index (χ4n) is 1.23. The summed E-state index contributed by atoms with van der Waals surface area (Å²) in [7, 11) is 0. The van der Waals surface area contributed by atoms with Gasteiger partial charge in [0.05, 0.1) is 0 Å². The number of nitrogens with two attached hydrogens (primary N) is 1. The lowest BCUT2D eigenvalue weighted by Gasteiger charge is -2.08. The number of aromatic nitrogens is 2. The van der Waals surface area contributed by atoms with Crippen LogP contribution in [0, 0.1) is 0 Å². The standard InChI is InChI=1S/C9H16N4O/c1-2-3-7(10)6-8(14)13-9-11-4-5-12-9/h4-5,7H,2-3,6,10H2,1H3,(H2,11,12,13,14). The van der Waals surface area contributed by atoms with Crippen molar-refractivity contribution < 1.29 is 4.79 Å². The molecule has 1 unspecified atom stereocenters. The molecule has 0 aliphatic heterocycles. The van der Waals surface area contributed by atoms with Gasteiger partial charge in [0.1, 0.15) is 0 Å². The Kier molecular flexibility index (Phi) is 4.12. The van der Waals surface area contributed by atoms with Gasteiger partial charge in [-0.3, -0.25) is 10.1 Å². The van der Waals surface area contributed by atoms with Crippen molar-refractivity contribution in [1.82, 2.24) is 9.97 Å². The van der Waals surface area contributed by atoms with Gasteiger partial charge in [-0.15, -0.1) is 0 Å². The molecular formula is C9H16N4O. The molecule has 0 aromatic carbocycles. The van der Waals surface area contributed by atoms with Gasteiger partial charge < -0.3 is 10.7 Å². The van der Waals surface area contributed by atoms with Crippen LogP contribution in [0.25, 0.3) is 0 Å². The quantitative estimate of drug-likeness (QED) is 0.653. The van der Waals surface area contributed by atoms with Crippen LogP contribution in [0.3, 0.4) is 0 Å². The minimum absolute atomic E-state index is 0.0602. The van der Waals surface area contributed by atoms with Crippen molar-refractivity contribution in [3.05, 3.63) is 12.4 Å². The third-order valence-corrected chi connectivity index (χ3v) is 1.86. The molecule has 1 atom stereocenters. The number of H-pyrrole nitrogens is 1. The maximum Gasteiger partial charge on any atom is 0.228 e. The van der Waals surface area contributed by atoms with Gasteiger partial charge >= 0.3 is 0 Å². The van der Waals surface area contributed by atoms with E-state index in [1.165, 1.54) is 0 Å². The first-order valence-electron chi connectivity index (χ1n) is 4.77. The molecule has 1 amide bonds. The lowest BCUT2D eigenvalue weighted by atomic mass is 10.1. The topological polar surface area (TPSA) is 83.8 Å². The number of rotatable bonds is 5. The zero-order chi connectivity index (χ0) is 10.4. The van der Waals surface area contributed by atoms with Gasteiger partial charge in [-0.05, 0) is 6.42 Å². The summed E-state index contributed by atoms with van der Waals surface area (Å²) in [5.41, 5.74) is 5.72. The summed E-state index contributed by atoms with van der Waals surface area (Å²) in [5, 5.41) is 2.63. The summed E-state index contributed by atoms with van der Waals surface area (Å²) >= 11 is 0. The number of nitrogens with zero attached hydrogens (tertiary/aromatic N) is 1. The van der Waals surface area contributed by atoms with Crippen molar-refractivity contribution in [3.63, 3.8) is 0 Å². The number of hydrogen-bond acceptors (Lipinski definition) is 3. The highest BCUT2D eigenvalue weighted by atomic mass is 16.1. The van der Waals surface area contributed by atoms with Gasteiger partial charge in [0.2, 0.25) is 11.9 Å². The highest BCUT2D eigenvalue weighted by Crippen LogP contribution is 2.01. The lowest BCUT2D eigenvalue weighted by Crippen LogP contribution is -2.27. The second kappa shape index (κ2) is 5.39. The third kappa shape index (κ3) is 3.57. The number of carbonyl (C=O) groups excluding carboxylic acids is 1. The Morgan fingerprint density at radius 3 is 3.14 bits per heavy atom. The Hall–Kier alpha value is -1.36. The summed E-state index contributed by atoms with van der Waals surface area (Å²) in [5.74, 6) is 0.375. The average molecular weight is 196 g/mol. The maximum absolute atomic E-state index is 11.3. The molecule has 14 heavy (non-hydrogen) atoms. The molecule has 0 aliphatic carbocycles. The van der Waals surface area contributed by atoms with Crippen LogP contribution in [-0.4, -0.2) is 21.9 Å². The molecular weight excluding hydrogens is 180 g/mol. The number of imidazole rings is 1. The number of hydrogen-bond donors (Lipinski definition) is 3. The van der Waals surface area contributed by atoms with Gasteiger partial charge in [0.15, 0.2) is 0 Å². The highest BCUT2D eigenvalue weighted by molar-refractivity contribution is 5.89. The van der Waals surface area contributed by atoms with E-state index in [1.807, 2.05) is 6.92 Å². The highest BCUT2D eigenvalue weighted by Gasteiger charge is 2.09. The normalized spacial score (nSPS) is 12.4. The van der Waals surface area contributed by atoms with Crippen molar-refractivity contribution >= 4 is 11.9 Å². The van der Waals surface area contributed by atoms with Crippen LogP contribution in [-0.2, 0) is 4.79 Å². The number of nitrogens with one attached hydrogen (secondary N) is 2. The second-order valence-corrected chi connectivity index (χ2v) is 3.24. The molecule has 0 saturated carbocycles. The summed E-state index contributed by atoms with van der Waals surface area (Å²) in [6.45, 7) is 2.05. The lowest BCUT2D eigenvalue weighted by molar-refractivity contribution is -0.116. The number of aromatic amines is 1. The van der Waals surface area contributed by atoms with E-state index in [2.05, 4.69) is 15.3 Å². The predicted molar refractivity (Wildman–Crippen MR) is 54.7 cm³/mol. The minimum atomic E-state index is -0.0964. The first kappa shape index (κ1) is 10.7. The summed E-state index contributed by atoms with van der Waals surface area (Å²) in [6, 6.07) is -0.0602. The molecule has 1 aromatic rings. The summed E-state index contributed by atoms with van der Waals surface area (Å²) in [4.78, 5) is 18.0. The van der Waals surface area contributed by atoms with E-state index in [9.17, 15) is 4.79 Å². The van der Waals surface area contributed by atoms with Crippen molar-refractivity contribution in [2.45, 2.75) is 32.2 Å². The van der Waals surface area contributed by atoms with Gasteiger partial charge in [-0.2, -0.15) is 0 Å². The first-order chi connectivity index (χ1) is 6.72. The number of carbonyl (C=O) groups is 1. The summed E-state index contributed by atoms with van der Waals surface area (Å²) < 4.78 is 0. The molecule has 0 fully saturated rings. The first-order valence-corrected chi connectivity index (χ1v) is 4.77. The molecule has 1 rings (SSSR count). The summed E-state index contributed by atoms with van der Waals surface area (Å²) in [6.07, 6.45) is 5.44. The van der Waals surface area contributed by atoms with Crippen molar-refractivity contribution in [1.29, 1.82) is 0 Å². The maximum atomic E-state index is 11.3. The molecule has 0 saturated heterocycles. The van der Waals surface area contributed by atoms with E-state index >= 15 is 0 Å². The second-order valence-electron chi connectivity index (χ2n) is 3.24. The largest absolute Gasteiger partial charge is 0.331 e. The van der Waals surface area contributed by atoms with Crippen LogP contribution in [0.15, 0.2) is 12.4 Å². The smallest absolute Gasteiger partial charge is 0.228 e. The van der Waals surface area contributed by atoms with Crippen molar-refractivity contribution in [2.24, 2.45) is 5.73 Å². The third-order valence-electron chi connectivity index (χ3n) is 1.86. The molecule has 5 nitrogen and oxygen atoms in total. The van der Waals surface area contributed by atoms with Crippen LogP contribution in [0.2, 0.25) is 0 Å². The zero-order valence-corrected chi connectivity index (χ0v) is 8.29. The minimum Gasteiger partial charge on any atom is -0.331 e. The Balaban J connectivity index is 2.29. The Morgan fingerprint density at radius 2 is 2.57 bits per heavy atom. The van der Waals surface area contributed by atoms with Crippen LogP contribution >= 0.6 is 0 Å². The van der Waals surface area contributed by atoms with E-state index in [4.69, 9.17) is 5.73 Å². The number of amides is 1. The Bertz CT molecular complexity index is 270. The molecule has 1 aromatic heterocycles. The zero-order valence-electron chi connectivity index (χ0n) is 8.29. The average Bonchev–Trinajstić information content (AvgIpc) is 2.56. The fraction of sp³-hybridized carbons (Fsp3) is 0.556. The molecule has 0 radical (unpaired) electrons. The van der Waals surface area contributed by atoms with E-state index in [0.717, 1.165) is 12.8 Å². The van der Waals surface area contributed by atoms with Gasteiger partial charge in [-0.25, -0.2) is 4.98 Å². The molecule has 0 bridgehead atoms. The van der Waals surface area contributed by atoms with Crippen molar-refractivity contribution in [2.75, 3.05) is 5.32 Å². The number of anilines is 1. The van der Waals surface area contributed by atoms with Gasteiger partial charge in [-0.1, -0.05) is 13.3 Å². The van der Waals surface area contributed by atoms with Crippen LogP contribution in [0.1, 0.15) is 26.2 Å². The fourth-order valence-corrected chi connectivity index (χ4v) is 1.23. The van der Waals surface area contributed by atoms with E-state index in [-0.39, 0.29) is 11.9 Å². The molecule has 0 spiro atoms. The van der Waals surface area contributed by atoms with Crippen molar-refractivity contribution in [3.8, 4) is 0 Å². The van der Waals surface area contributed by atoms with E-state index < -0.39 is 0 Å². The molecule has 4 N–H and O–H groups in total. The molecule has 5 heteroatoms. The van der Waals surface area contributed by atoms with Gasteiger partial charge in [0, 0.05) is 24.9 Å². The molecule has 78 valence electrons. The predicted octanol–water partition coefficient (Wildman–Crippen LogP) is 0.866. The van der Waals surface area contributed by atoms with Gasteiger partial charge in [0.25, 0.3) is 0 Å².